The summed E-state index contributed by atoms with van der Waals surface area (Å²) in [5.41, 5.74) is 2.90. The van der Waals surface area contributed by atoms with Gasteiger partial charge in [-0.2, -0.15) is 0 Å². The first-order valence-corrected chi connectivity index (χ1v) is 8.17. The molecule has 0 saturated carbocycles. The molecule has 2 N–H and O–H groups in total. The maximum atomic E-state index is 12.2. The third kappa shape index (κ3) is 4.16. The monoisotopic (exact) mass is 340 g/mol. The van der Waals surface area contributed by atoms with E-state index in [1.54, 1.807) is 23.1 Å². The van der Waals surface area contributed by atoms with Crippen molar-refractivity contribution in [3.8, 4) is 11.1 Å². The highest BCUT2D eigenvalue weighted by Gasteiger charge is 2.16. The average molecular weight is 340 g/mol. The zero-order valence-corrected chi connectivity index (χ0v) is 13.8. The van der Waals surface area contributed by atoms with Crippen LogP contribution in [0.4, 0.5) is 4.79 Å². The molecule has 0 aromatic heterocycles. The molecule has 1 heterocycles. The molecule has 6 nitrogen and oxygen atoms in total. The maximum absolute atomic E-state index is 12.2. The van der Waals surface area contributed by atoms with Crippen LogP contribution in [-0.2, 0) is 11.3 Å². The number of hydrogen-bond acceptors (Lipinski definition) is 3. The number of morpholine rings is 1. The number of rotatable bonds is 4. The van der Waals surface area contributed by atoms with Crippen molar-refractivity contribution in [2.24, 2.45) is 0 Å². The number of ether oxygens (including phenoxy) is 1. The molecule has 0 atom stereocenters. The topological polar surface area (TPSA) is 78.9 Å². The number of nitrogens with zero attached hydrogens (tertiary/aromatic N) is 1. The number of hydrogen-bond donors (Lipinski definition) is 2. The van der Waals surface area contributed by atoms with Gasteiger partial charge in [0.2, 0.25) is 0 Å². The molecule has 0 bridgehead atoms. The van der Waals surface area contributed by atoms with Crippen molar-refractivity contribution in [2.75, 3.05) is 26.3 Å². The van der Waals surface area contributed by atoms with Crippen molar-refractivity contribution in [1.82, 2.24) is 10.2 Å². The molecule has 6 heteroatoms. The van der Waals surface area contributed by atoms with Crippen LogP contribution in [0.1, 0.15) is 15.9 Å². The second-order valence-corrected chi connectivity index (χ2v) is 5.80. The minimum Gasteiger partial charge on any atom is -0.478 e. The fraction of sp³-hybridized carbons (Fsp3) is 0.263. The summed E-state index contributed by atoms with van der Waals surface area (Å²) in [7, 11) is 0. The van der Waals surface area contributed by atoms with Gasteiger partial charge in [-0.25, -0.2) is 9.59 Å². The molecule has 0 unspecified atom stereocenters. The number of carboxylic acid groups (broad SMARTS) is 1. The second-order valence-electron chi connectivity index (χ2n) is 5.80. The minimum absolute atomic E-state index is 0.114. The predicted octanol–water partition coefficient (Wildman–Crippen LogP) is 2.59. The van der Waals surface area contributed by atoms with Crippen LogP contribution in [0.25, 0.3) is 11.1 Å². The summed E-state index contributed by atoms with van der Waals surface area (Å²) in [5.74, 6) is -0.958. The van der Waals surface area contributed by atoms with Gasteiger partial charge in [0.15, 0.2) is 0 Å². The highest BCUT2D eigenvalue weighted by atomic mass is 16.5. The van der Waals surface area contributed by atoms with Crippen LogP contribution in [0.5, 0.6) is 0 Å². The van der Waals surface area contributed by atoms with Crippen LogP contribution in [0.15, 0.2) is 48.5 Å². The summed E-state index contributed by atoms with van der Waals surface area (Å²) in [4.78, 5) is 25.2. The van der Waals surface area contributed by atoms with Crippen LogP contribution >= 0.6 is 0 Å². The van der Waals surface area contributed by atoms with Crippen LogP contribution in [-0.4, -0.2) is 48.3 Å². The molecule has 3 rings (SSSR count). The standard InChI is InChI=1S/C19H20N2O4/c22-18(23)15-6-3-5-14(12-15)17-7-2-1-4-16(17)13-20-19(24)21-8-10-25-11-9-21/h1-7,12H,8-11,13H2,(H,20,24)(H,22,23). The van der Waals surface area contributed by atoms with E-state index in [1.165, 1.54) is 0 Å². The van der Waals surface area contributed by atoms with Gasteiger partial charge in [-0.3, -0.25) is 0 Å². The van der Waals surface area contributed by atoms with E-state index in [9.17, 15) is 14.7 Å². The number of amides is 2. The molecule has 0 radical (unpaired) electrons. The number of nitrogens with one attached hydrogen (secondary N) is 1. The summed E-state index contributed by atoms with van der Waals surface area (Å²) in [5, 5.41) is 12.1. The Morgan fingerprint density at radius 1 is 1.08 bits per heavy atom. The number of urea groups is 1. The predicted molar refractivity (Wildman–Crippen MR) is 93.5 cm³/mol. The molecule has 1 aliphatic heterocycles. The second kappa shape index (κ2) is 7.81. The Morgan fingerprint density at radius 3 is 2.60 bits per heavy atom. The summed E-state index contributed by atoms with van der Waals surface area (Å²) >= 11 is 0. The lowest BCUT2D eigenvalue weighted by Gasteiger charge is -2.27. The van der Waals surface area contributed by atoms with E-state index in [2.05, 4.69) is 5.32 Å². The van der Waals surface area contributed by atoms with Gasteiger partial charge in [0.25, 0.3) is 0 Å². The summed E-state index contributed by atoms with van der Waals surface area (Å²) < 4.78 is 5.25. The average Bonchev–Trinajstić information content (AvgIpc) is 2.67. The lowest BCUT2D eigenvalue weighted by atomic mass is 9.98. The van der Waals surface area contributed by atoms with E-state index >= 15 is 0 Å². The molecule has 0 spiro atoms. The summed E-state index contributed by atoms with van der Waals surface area (Å²) in [6, 6.07) is 14.4. The van der Waals surface area contributed by atoms with E-state index in [0.29, 0.717) is 32.8 Å². The quantitative estimate of drug-likeness (QED) is 0.897. The van der Waals surface area contributed by atoms with Gasteiger partial charge >= 0.3 is 12.0 Å². The maximum Gasteiger partial charge on any atom is 0.335 e. The SMILES string of the molecule is O=C(O)c1cccc(-c2ccccc2CNC(=O)N2CCOCC2)c1. The number of benzene rings is 2. The Hall–Kier alpha value is -2.86. The zero-order chi connectivity index (χ0) is 17.6. The molecule has 1 saturated heterocycles. The molecule has 1 aliphatic rings. The third-order valence-electron chi connectivity index (χ3n) is 4.17. The first-order chi connectivity index (χ1) is 12.1. The van der Waals surface area contributed by atoms with Crippen LogP contribution in [0.2, 0.25) is 0 Å². The molecule has 2 amide bonds. The van der Waals surface area contributed by atoms with E-state index < -0.39 is 5.97 Å². The fourth-order valence-electron chi connectivity index (χ4n) is 2.82. The summed E-state index contributed by atoms with van der Waals surface area (Å²) in [6.07, 6.45) is 0. The van der Waals surface area contributed by atoms with Crippen LogP contribution in [0.3, 0.4) is 0 Å². The molecule has 2 aromatic carbocycles. The first kappa shape index (κ1) is 17.0. The number of carbonyl (C=O) groups is 2. The van der Waals surface area contributed by atoms with Crippen LogP contribution < -0.4 is 5.32 Å². The lowest BCUT2D eigenvalue weighted by Crippen LogP contribution is -2.45. The van der Waals surface area contributed by atoms with E-state index in [4.69, 9.17) is 4.74 Å². The van der Waals surface area contributed by atoms with Crippen LogP contribution in [0, 0.1) is 0 Å². The van der Waals surface area contributed by atoms with Gasteiger partial charge in [-0.05, 0) is 28.8 Å². The molecule has 25 heavy (non-hydrogen) atoms. The Balaban J connectivity index is 1.76. The number of carboxylic acids is 1. The van der Waals surface area contributed by atoms with Crippen molar-refractivity contribution in [3.05, 3.63) is 59.7 Å². The van der Waals surface area contributed by atoms with Gasteiger partial charge in [0, 0.05) is 19.6 Å². The van der Waals surface area contributed by atoms with Crippen molar-refractivity contribution in [1.29, 1.82) is 0 Å². The smallest absolute Gasteiger partial charge is 0.335 e. The van der Waals surface area contributed by atoms with Crippen molar-refractivity contribution >= 4 is 12.0 Å². The van der Waals surface area contributed by atoms with E-state index in [-0.39, 0.29) is 11.6 Å². The van der Waals surface area contributed by atoms with Gasteiger partial charge in [0.1, 0.15) is 0 Å². The Bertz CT molecular complexity index is 770. The fourth-order valence-corrected chi connectivity index (χ4v) is 2.82. The molecule has 0 aliphatic carbocycles. The lowest BCUT2D eigenvalue weighted by molar-refractivity contribution is 0.0531. The van der Waals surface area contributed by atoms with E-state index in [0.717, 1.165) is 16.7 Å². The molecular formula is C19H20N2O4. The summed E-state index contributed by atoms with van der Waals surface area (Å²) in [6.45, 7) is 2.68. The molecule has 2 aromatic rings. The van der Waals surface area contributed by atoms with Gasteiger partial charge in [-0.1, -0.05) is 36.4 Å². The Labute approximate surface area is 146 Å². The number of carbonyl (C=O) groups excluding carboxylic acids is 1. The van der Waals surface area contributed by atoms with Crippen molar-refractivity contribution < 1.29 is 19.4 Å². The third-order valence-corrected chi connectivity index (χ3v) is 4.17. The molecule has 1 fully saturated rings. The normalized spacial score (nSPS) is 14.2. The van der Waals surface area contributed by atoms with Crippen molar-refractivity contribution in [3.63, 3.8) is 0 Å². The minimum atomic E-state index is -0.958. The molecular weight excluding hydrogens is 320 g/mol. The zero-order valence-electron chi connectivity index (χ0n) is 13.8. The van der Waals surface area contributed by atoms with Gasteiger partial charge in [0.05, 0.1) is 18.8 Å². The highest BCUT2D eigenvalue weighted by Crippen LogP contribution is 2.24. The first-order valence-electron chi connectivity index (χ1n) is 8.17. The van der Waals surface area contributed by atoms with Crippen molar-refractivity contribution in [2.45, 2.75) is 6.54 Å². The Kier molecular flexibility index (Phi) is 5.30. The number of aromatic carboxylic acids is 1. The van der Waals surface area contributed by atoms with E-state index in [1.807, 2.05) is 30.3 Å². The highest BCUT2D eigenvalue weighted by molar-refractivity contribution is 5.89. The van der Waals surface area contributed by atoms with Gasteiger partial charge in [-0.15, -0.1) is 0 Å². The van der Waals surface area contributed by atoms with Gasteiger partial charge < -0.3 is 20.1 Å². The Morgan fingerprint density at radius 2 is 1.84 bits per heavy atom. The molecule has 130 valence electrons. The largest absolute Gasteiger partial charge is 0.478 e.